The van der Waals surface area contributed by atoms with Gasteiger partial charge in [-0.15, -0.1) is 24.0 Å². The summed E-state index contributed by atoms with van der Waals surface area (Å²) in [6.45, 7) is 3.00. The van der Waals surface area contributed by atoms with Crippen molar-refractivity contribution in [3.05, 3.63) is 59.0 Å². The van der Waals surface area contributed by atoms with Crippen molar-refractivity contribution in [2.24, 2.45) is 4.99 Å². The van der Waals surface area contributed by atoms with Crippen LogP contribution in [0.3, 0.4) is 0 Å². The third-order valence-corrected chi connectivity index (χ3v) is 4.81. The van der Waals surface area contributed by atoms with Crippen LogP contribution in [-0.2, 0) is 11.3 Å². The molecule has 1 aromatic carbocycles. The number of nitrogens with zero attached hydrogens (tertiary/aromatic N) is 3. The Hall–Kier alpha value is -2.27. The van der Waals surface area contributed by atoms with Crippen LogP contribution in [0.4, 0.5) is 0 Å². The van der Waals surface area contributed by atoms with Gasteiger partial charge in [0.25, 0.3) is 5.91 Å². The zero-order valence-corrected chi connectivity index (χ0v) is 19.7. The second kappa shape index (κ2) is 11.8. The van der Waals surface area contributed by atoms with Crippen LogP contribution in [0.25, 0.3) is 0 Å². The number of nitrogens with one attached hydrogen (secondary N) is 2. The molecule has 1 aromatic heterocycles. The number of furan rings is 1. The molecule has 30 heavy (non-hydrogen) atoms. The van der Waals surface area contributed by atoms with E-state index in [4.69, 9.17) is 16.0 Å². The van der Waals surface area contributed by atoms with E-state index in [2.05, 4.69) is 15.6 Å². The predicted molar refractivity (Wildman–Crippen MR) is 126 cm³/mol. The number of halogens is 2. The fraction of sp³-hybridized carbons (Fsp3) is 0.350. The van der Waals surface area contributed by atoms with Gasteiger partial charge in [-0.05, 0) is 29.8 Å². The van der Waals surface area contributed by atoms with E-state index in [0.29, 0.717) is 43.7 Å². The Morgan fingerprint density at radius 1 is 1.17 bits per heavy atom. The summed E-state index contributed by atoms with van der Waals surface area (Å²) in [6, 6.07) is 10.8. The molecule has 0 atom stereocenters. The highest BCUT2D eigenvalue weighted by Gasteiger charge is 2.25. The van der Waals surface area contributed by atoms with Gasteiger partial charge in [-0.1, -0.05) is 23.7 Å². The molecule has 2 amide bonds. The third kappa shape index (κ3) is 6.63. The molecule has 1 aliphatic rings. The Bertz CT molecular complexity index is 858. The molecule has 3 rings (SSSR count). The quantitative estimate of drug-likeness (QED) is 0.251. The van der Waals surface area contributed by atoms with Crippen molar-refractivity contribution in [1.82, 2.24) is 20.4 Å². The molecule has 0 aliphatic carbocycles. The number of amides is 2. The van der Waals surface area contributed by atoms with Gasteiger partial charge in [0.15, 0.2) is 11.7 Å². The Balaban J connectivity index is 0.00000320. The normalized spacial score (nSPS) is 14.3. The highest BCUT2D eigenvalue weighted by atomic mass is 127. The minimum Gasteiger partial charge on any atom is -0.459 e. The fourth-order valence-corrected chi connectivity index (χ4v) is 3.17. The monoisotopic (exact) mass is 545 g/mol. The van der Waals surface area contributed by atoms with Gasteiger partial charge in [0.2, 0.25) is 5.91 Å². The van der Waals surface area contributed by atoms with Crippen LogP contribution in [0.1, 0.15) is 16.1 Å². The van der Waals surface area contributed by atoms with Gasteiger partial charge in [-0.2, -0.15) is 0 Å². The van der Waals surface area contributed by atoms with E-state index in [-0.39, 0.29) is 48.1 Å². The van der Waals surface area contributed by atoms with Gasteiger partial charge in [-0.3, -0.25) is 14.6 Å². The van der Waals surface area contributed by atoms with Gasteiger partial charge in [-0.25, -0.2) is 0 Å². The van der Waals surface area contributed by atoms with E-state index in [1.807, 2.05) is 34.1 Å². The molecular weight excluding hydrogens is 521 g/mol. The van der Waals surface area contributed by atoms with Gasteiger partial charge in [0.1, 0.15) is 0 Å². The first-order chi connectivity index (χ1) is 14.1. The summed E-state index contributed by atoms with van der Waals surface area (Å²) in [5.41, 5.74) is 1.05. The number of guanidine groups is 1. The number of carbonyl (C=O) groups excluding carboxylic acids is 2. The molecule has 0 unspecified atom stereocenters. The average molecular weight is 546 g/mol. The second-order valence-corrected chi connectivity index (χ2v) is 7.01. The van der Waals surface area contributed by atoms with Crippen molar-refractivity contribution in [2.75, 3.05) is 39.8 Å². The van der Waals surface area contributed by atoms with E-state index in [1.54, 1.807) is 19.2 Å². The lowest BCUT2D eigenvalue weighted by Gasteiger charge is -2.36. The number of hydrogen-bond donors (Lipinski definition) is 2. The van der Waals surface area contributed by atoms with E-state index < -0.39 is 0 Å². The van der Waals surface area contributed by atoms with E-state index >= 15 is 0 Å². The number of piperazine rings is 1. The number of aliphatic imine (C=N–C) groups is 1. The lowest BCUT2D eigenvalue weighted by Crippen LogP contribution is -2.55. The van der Waals surface area contributed by atoms with Gasteiger partial charge in [0.05, 0.1) is 12.8 Å². The molecule has 1 saturated heterocycles. The van der Waals surface area contributed by atoms with Gasteiger partial charge in [0, 0.05) is 44.8 Å². The van der Waals surface area contributed by atoms with Crippen LogP contribution >= 0.6 is 35.6 Å². The summed E-state index contributed by atoms with van der Waals surface area (Å²) in [6.07, 6.45) is 1.46. The third-order valence-electron chi connectivity index (χ3n) is 4.56. The molecule has 8 nitrogen and oxygen atoms in total. The fourth-order valence-electron chi connectivity index (χ4n) is 3.04. The molecule has 2 heterocycles. The van der Waals surface area contributed by atoms with Crippen molar-refractivity contribution in [3.63, 3.8) is 0 Å². The Morgan fingerprint density at radius 3 is 2.53 bits per heavy atom. The van der Waals surface area contributed by atoms with E-state index in [9.17, 15) is 9.59 Å². The van der Waals surface area contributed by atoms with Crippen LogP contribution in [0.15, 0.2) is 52.1 Å². The maximum atomic E-state index is 12.6. The first-order valence-corrected chi connectivity index (χ1v) is 9.74. The van der Waals surface area contributed by atoms with Gasteiger partial charge < -0.3 is 24.9 Å². The first kappa shape index (κ1) is 24.0. The number of benzene rings is 1. The van der Waals surface area contributed by atoms with E-state index in [0.717, 1.165) is 5.56 Å². The van der Waals surface area contributed by atoms with Crippen molar-refractivity contribution in [3.8, 4) is 0 Å². The molecule has 162 valence electrons. The predicted octanol–water partition coefficient (Wildman–Crippen LogP) is 2.20. The molecule has 1 fully saturated rings. The van der Waals surface area contributed by atoms with Crippen molar-refractivity contribution in [2.45, 2.75) is 6.54 Å². The number of hydrogen-bond acceptors (Lipinski definition) is 4. The lowest BCUT2D eigenvalue weighted by atomic mass is 10.2. The number of rotatable bonds is 6. The van der Waals surface area contributed by atoms with Crippen LogP contribution < -0.4 is 10.6 Å². The smallest absolute Gasteiger partial charge is 0.287 e. The highest BCUT2D eigenvalue weighted by Crippen LogP contribution is 2.13. The zero-order valence-electron chi connectivity index (χ0n) is 16.6. The molecule has 0 spiro atoms. The Kier molecular flexibility index (Phi) is 9.44. The summed E-state index contributed by atoms with van der Waals surface area (Å²) in [5, 5.41) is 6.62. The standard InChI is InChI=1S/C20H24ClN5O3.HI/c1-22-20(24-9-8-23-19(28)17-3-2-12-29-17)26-11-10-25(18(27)14-26)13-15-4-6-16(21)7-5-15;/h2-7,12H,8-11,13-14H2,1H3,(H,22,24)(H,23,28);1H. The molecule has 1 aliphatic heterocycles. The molecule has 10 heteroatoms. The second-order valence-electron chi connectivity index (χ2n) is 6.57. The SMILES string of the molecule is CN=C(NCCNC(=O)c1ccco1)N1CCN(Cc2ccc(Cl)cc2)C(=O)C1.I. The maximum absolute atomic E-state index is 12.6. The largest absolute Gasteiger partial charge is 0.459 e. The van der Waals surface area contributed by atoms with Crippen LogP contribution in [-0.4, -0.2) is 67.3 Å². The number of carbonyl (C=O) groups is 2. The Morgan fingerprint density at radius 2 is 1.90 bits per heavy atom. The molecule has 2 N–H and O–H groups in total. The summed E-state index contributed by atoms with van der Waals surface area (Å²) in [4.78, 5) is 32.4. The molecule has 2 aromatic rings. The minimum absolute atomic E-state index is 0. The van der Waals surface area contributed by atoms with Crippen molar-refractivity contribution < 1.29 is 14.0 Å². The van der Waals surface area contributed by atoms with E-state index in [1.165, 1.54) is 6.26 Å². The molecule has 0 bridgehead atoms. The molecule has 0 radical (unpaired) electrons. The Labute approximate surface area is 197 Å². The zero-order chi connectivity index (χ0) is 20.6. The topological polar surface area (TPSA) is 90.2 Å². The average Bonchev–Trinajstić information content (AvgIpc) is 3.26. The lowest BCUT2D eigenvalue weighted by molar-refractivity contribution is -0.135. The van der Waals surface area contributed by atoms with Crippen molar-refractivity contribution >= 4 is 53.4 Å². The highest BCUT2D eigenvalue weighted by molar-refractivity contribution is 14.0. The summed E-state index contributed by atoms with van der Waals surface area (Å²) >= 11 is 5.91. The summed E-state index contributed by atoms with van der Waals surface area (Å²) in [5.74, 6) is 0.687. The van der Waals surface area contributed by atoms with Crippen LogP contribution in [0, 0.1) is 0 Å². The molecule has 0 saturated carbocycles. The van der Waals surface area contributed by atoms with Crippen molar-refractivity contribution in [1.29, 1.82) is 0 Å². The molecular formula is C20H25ClIN5O3. The van der Waals surface area contributed by atoms with Crippen LogP contribution in [0.2, 0.25) is 5.02 Å². The first-order valence-electron chi connectivity index (χ1n) is 9.36. The summed E-state index contributed by atoms with van der Waals surface area (Å²) in [7, 11) is 1.67. The minimum atomic E-state index is -0.266. The van der Waals surface area contributed by atoms with Crippen LogP contribution in [0.5, 0.6) is 0 Å². The summed E-state index contributed by atoms with van der Waals surface area (Å²) < 4.78 is 5.05. The van der Waals surface area contributed by atoms with Gasteiger partial charge >= 0.3 is 0 Å². The maximum Gasteiger partial charge on any atom is 0.287 e.